The molecule has 2 aliphatic heterocycles. The molecular formula is C15H19NO3. The lowest BCUT2D eigenvalue weighted by Gasteiger charge is -2.37. The topological polar surface area (TPSA) is 60.8 Å². The van der Waals surface area contributed by atoms with Crippen LogP contribution in [0.25, 0.3) is 0 Å². The van der Waals surface area contributed by atoms with Crippen LogP contribution in [0.2, 0.25) is 0 Å². The summed E-state index contributed by atoms with van der Waals surface area (Å²) in [5.74, 6) is 0.251. The summed E-state index contributed by atoms with van der Waals surface area (Å²) in [5.41, 5.74) is 0.679. The first kappa shape index (κ1) is 12.5. The molecule has 0 aromatic heterocycles. The number of carbonyl (C=O) groups is 1. The van der Waals surface area contributed by atoms with Crippen molar-refractivity contribution in [1.29, 1.82) is 0 Å². The monoisotopic (exact) mass is 261 g/mol. The summed E-state index contributed by atoms with van der Waals surface area (Å²) in [7, 11) is 0. The van der Waals surface area contributed by atoms with Gasteiger partial charge in [0.25, 0.3) is 0 Å². The molecular weight excluding hydrogens is 242 g/mol. The Balaban J connectivity index is 1.73. The van der Waals surface area contributed by atoms with E-state index in [1.165, 1.54) is 0 Å². The SMILES string of the molecule is O=C(Cc1ccccc1O)N1C2CCC1CC(O)C2. The molecule has 2 aliphatic rings. The highest BCUT2D eigenvalue weighted by atomic mass is 16.3. The van der Waals surface area contributed by atoms with Gasteiger partial charge < -0.3 is 15.1 Å². The summed E-state index contributed by atoms with van der Waals surface area (Å²) in [4.78, 5) is 14.4. The zero-order chi connectivity index (χ0) is 13.4. The highest BCUT2D eigenvalue weighted by Crippen LogP contribution is 2.36. The number of para-hydroxylation sites is 1. The zero-order valence-corrected chi connectivity index (χ0v) is 10.8. The number of hydrogen-bond donors (Lipinski definition) is 2. The van der Waals surface area contributed by atoms with Gasteiger partial charge in [-0.2, -0.15) is 0 Å². The fourth-order valence-electron chi connectivity index (χ4n) is 3.47. The van der Waals surface area contributed by atoms with Crippen LogP contribution in [0.3, 0.4) is 0 Å². The highest BCUT2D eigenvalue weighted by Gasteiger charge is 2.42. The van der Waals surface area contributed by atoms with Gasteiger partial charge in [-0.15, -0.1) is 0 Å². The quantitative estimate of drug-likeness (QED) is 0.847. The van der Waals surface area contributed by atoms with Crippen molar-refractivity contribution >= 4 is 5.91 Å². The number of amides is 1. The second-order valence-corrected chi connectivity index (χ2v) is 5.62. The Bertz CT molecular complexity index is 474. The summed E-state index contributed by atoms with van der Waals surface area (Å²) in [5, 5.41) is 19.5. The fraction of sp³-hybridized carbons (Fsp3) is 0.533. The number of carbonyl (C=O) groups excluding carboxylic acids is 1. The Labute approximate surface area is 112 Å². The predicted molar refractivity (Wildman–Crippen MR) is 70.7 cm³/mol. The largest absolute Gasteiger partial charge is 0.508 e. The van der Waals surface area contributed by atoms with E-state index in [2.05, 4.69) is 0 Å². The van der Waals surface area contributed by atoms with Gasteiger partial charge in [-0.3, -0.25) is 4.79 Å². The first-order valence-corrected chi connectivity index (χ1v) is 6.91. The first-order chi connectivity index (χ1) is 9.15. The van der Waals surface area contributed by atoms with Crippen LogP contribution in [0.15, 0.2) is 24.3 Å². The van der Waals surface area contributed by atoms with Gasteiger partial charge in [0, 0.05) is 17.6 Å². The molecule has 3 rings (SSSR count). The smallest absolute Gasteiger partial charge is 0.227 e. The number of fused-ring (bicyclic) bond motifs is 2. The van der Waals surface area contributed by atoms with Gasteiger partial charge in [0.1, 0.15) is 5.75 Å². The summed E-state index contributed by atoms with van der Waals surface area (Å²) in [6.45, 7) is 0. The van der Waals surface area contributed by atoms with Gasteiger partial charge in [-0.05, 0) is 31.7 Å². The van der Waals surface area contributed by atoms with E-state index >= 15 is 0 Å². The van der Waals surface area contributed by atoms with E-state index in [0.29, 0.717) is 18.4 Å². The Morgan fingerprint density at radius 3 is 2.47 bits per heavy atom. The predicted octanol–water partition coefficient (Wildman–Crippen LogP) is 1.45. The molecule has 2 heterocycles. The number of aliphatic hydroxyl groups is 1. The lowest BCUT2D eigenvalue weighted by atomic mass is 9.98. The average Bonchev–Trinajstić information content (AvgIpc) is 2.65. The van der Waals surface area contributed by atoms with Crippen molar-refractivity contribution in [3.05, 3.63) is 29.8 Å². The van der Waals surface area contributed by atoms with E-state index in [0.717, 1.165) is 12.8 Å². The molecule has 0 spiro atoms. The van der Waals surface area contributed by atoms with Crippen molar-refractivity contribution in [2.75, 3.05) is 0 Å². The lowest BCUT2D eigenvalue weighted by Crippen LogP contribution is -2.48. The Morgan fingerprint density at radius 1 is 1.21 bits per heavy atom. The van der Waals surface area contributed by atoms with Crippen molar-refractivity contribution in [3.8, 4) is 5.75 Å². The first-order valence-electron chi connectivity index (χ1n) is 6.91. The number of aromatic hydroxyl groups is 1. The molecule has 2 bridgehead atoms. The minimum absolute atomic E-state index is 0.0703. The second-order valence-electron chi connectivity index (χ2n) is 5.62. The van der Waals surface area contributed by atoms with E-state index in [1.54, 1.807) is 18.2 Å². The van der Waals surface area contributed by atoms with Gasteiger partial charge in [0.2, 0.25) is 5.91 Å². The van der Waals surface area contributed by atoms with E-state index in [-0.39, 0.29) is 36.3 Å². The van der Waals surface area contributed by atoms with E-state index in [1.807, 2.05) is 11.0 Å². The molecule has 0 radical (unpaired) electrons. The van der Waals surface area contributed by atoms with Crippen LogP contribution in [0, 0.1) is 0 Å². The molecule has 1 aromatic carbocycles. The third-order valence-corrected chi connectivity index (χ3v) is 4.33. The number of nitrogens with zero attached hydrogens (tertiary/aromatic N) is 1. The molecule has 4 nitrogen and oxygen atoms in total. The van der Waals surface area contributed by atoms with Crippen LogP contribution in [0.1, 0.15) is 31.2 Å². The van der Waals surface area contributed by atoms with Crippen molar-refractivity contribution in [1.82, 2.24) is 4.90 Å². The molecule has 19 heavy (non-hydrogen) atoms. The maximum absolute atomic E-state index is 12.4. The number of phenolic OH excluding ortho intramolecular Hbond substituents is 1. The summed E-state index contributed by atoms with van der Waals surface area (Å²) >= 11 is 0. The van der Waals surface area contributed by atoms with Gasteiger partial charge in [-0.1, -0.05) is 18.2 Å². The molecule has 1 aromatic rings. The molecule has 0 saturated carbocycles. The molecule has 2 fully saturated rings. The molecule has 4 heteroatoms. The van der Waals surface area contributed by atoms with Gasteiger partial charge in [0.05, 0.1) is 12.5 Å². The van der Waals surface area contributed by atoms with E-state index < -0.39 is 0 Å². The highest BCUT2D eigenvalue weighted by molar-refractivity contribution is 5.80. The van der Waals surface area contributed by atoms with Crippen LogP contribution in [-0.4, -0.2) is 39.2 Å². The molecule has 1 amide bonds. The Morgan fingerprint density at radius 2 is 1.84 bits per heavy atom. The van der Waals surface area contributed by atoms with Crippen LogP contribution in [0.5, 0.6) is 5.75 Å². The zero-order valence-electron chi connectivity index (χ0n) is 10.8. The number of aliphatic hydroxyl groups excluding tert-OH is 1. The van der Waals surface area contributed by atoms with Crippen LogP contribution in [-0.2, 0) is 11.2 Å². The molecule has 102 valence electrons. The number of rotatable bonds is 2. The average molecular weight is 261 g/mol. The van der Waals surface area contributed by atoms with Crippen LogP contribution >= 0.6 is 0 Å². The van der Waals surface area contributed by atoms with E-state index in [9.17, 15) is 15.0 Å². The third kappa shape index (κ3) is 2.32. The summed E-state index contributed by atoms with van der Waals surface area (Å²) in [6.07, 6.45) is 3.37. The number of benzene rings is 1. The van der Waals surface area contributed by atoms with Gasteiger partial charge in [-0.25, -0.2) is 0 Å². The maximum Gasteiger partial charge on any atom is 0.227 e. The van der Waals surface area contributed by atoms with Crippen molar-refractivity contribution < 1.29 is 15.0 Å². The number of phenols is 1. The van der Waals surface area contributed by atoms with Crippen molar-refractivity contribution in [2.24, 2.45) is 0 Å². The summed E-state index contributed by atoms with van der Waals surface area (Å²) in [6, 6.07) is 7.35. The van der Waals surface area contributed by atoms with Crippen molar-refractivity contribution in [3.63, 3.8) is 0 Å². The number of piperidine rings is 1. The Kier molecular flexibility index (Phi) is 3.19. The minimum Gasteiger partial charge on any atom is -0.508 e. The van der Waals surface area contributed by atoms with Crippen molar-refractivity contribution in [2.45, 2.75) is 50.3 Å². The molecule has 2 unspecified atom stereocenters. The third-order valence-electron chi connectivity index (χ3n) is 4.33. The normalized spacial score (nSPS) is 29.5. The summed E-state index contributed by atoms with van der Waals surface area (Å²) < 4.78 is 0. The van der Waals surface area contributed by atoms with E-state index in [4.69, 9.17) is 0 Å². The fourth-order valence-corrected chi connectivity index (χ4v) is 3.47. The molecule has 2 atom stereocenters. The molecule has 0 aliphatic carbocycles. The molecule has 2 saturated heterocycles. The second kappa shape index (κ2) is 4.85. The maximum atomic E-state index is 12.4. The van der Waals surface area contributed by atoms with Crippen LogP contribution in [0.4, 0.5) is 0 Å². The van der Waals surface area contributed by atoms with Crippen LogP contribution < -0.4 is 0 Å². The minimum atomic E-state index is -0.258. The number of hydrogen-bond acceptors (Lipinski definition) is 3. The lowest BCUT2D eigenvalue weighted by molar-refractivity contribution is -0.136. The van der Waals surface area contributed by atoms with Gasteiger partial charge >= 0.3 is 0 Å². The Hall–Kier alpha value is -1.55. The van der Waals surface area contributed by atoms with Gasteiger partial charge in [0.15, 0.2) is 0 Å². The molecule has 2 N–H and O–H groups in total. The standard InChI is InChI=1S/C15H19NO3/c17-13-8-11-5-6-12(9-13)16(11)15(19)7-10-3-1-2-4-14(10)18/h1-4,11-13,17-18H,5-9H2.